The van der Waals surface area contributed by atoms with Crippen LogP contribution < -0.4 is 9.86 Å². The van der Waals surface area contributed by atoms with Gasteiger partial charge in [0, 0.05) is 11.1 Å². The maximum absolute atomic E-state index is 12.7. The van der Waals surface area contributed by atoms with Crippen molar-refractivity contribution in [3.05, 3.63) is 58.7 Å². The Morgan fingerprint density at radius 2 is 1.54 bits per heavy atom. The Bertz CT molecular complexity index is 1210. The quantitative estimate of drug-likeness (QED) is 0.615. The molecule has 0 radical (unpaired) electrons. The molecule has 0 spiro atoms. The molecule has 2 aromatic carbocycles. The first-order valence-corrected chi connectivity index (χ1v) is 10.8. The van der Waals surface area contributed by atoms with Crippen molar-refractivity contribution in [1.29, 1.82) is 0 Å². The van der Waals surface area contributed by atoms with E-state index in [9.17, 15) is 16.8 Å². The average Bonchev–Trinajstić information content (AvgIpc) is 2.53. The van der Waals surface area contributed by atoms with Gasteiger partial charge < -0.3 is 0 Å². The zero-order chi connectivity index (χ0) is 19.1. The van der Waals surface area contributed by atoms with Crippen molar-refractivity contribution in [3.63, 3.8) is 0 Å². The Labute approximate surface area is 159 Å². The van der Waals surface area contributed by atoms with Crippen LogP contribution in [0.25, 0.3) is 10.9 Å². The molecule has 0 fully saturated rings. The number of rotatable bonds is 4. The number of sulfonamides is 2. The highest BCUT2D eigenvalue weighted by Gasteiger charge is 2.25. The Balaban J connectivity index is 2.05. The van der Waals surface area contributed by atoms with Gasteiger partial charge in [-0.15, -0.1) is 0 Å². The first kappa shape index (κ1) is 18.9. The van der Waals surface area contributed by atoms with Gasteiger partial charge in [0.05, 0.1) is 15.4 Å². The lowest BCUT2D eigenvalue weighted by Crippen LogP contribution is -2.15. The van der Waals surface area contributed by atoms with Crippen LogP contribution in [0, 0.1) is 0 Å². The van der Waals surface area contributed by atoms with E-state index < -0.39 is 20.0 Å². The molecule has 0 saturated heterocycles. The molecular weight excluding hydrogens is 421 g/mol. The highest BCUT2D eigenvalue weighted by molar-refractivity contribution is 7.93. The number of nitrogens with one attached hydrogen (secondary N) is 1. The molecule has 0 aliphatic carbocycles. The molecule has 3 aromatic rings. The fraction of sp³-hybridized carbons (Fsp3) is 0. The number of para-hydroxylation sites is 1. The van der Waals surface area contributed by atoms with Gasteiger partial charge in [0.2, 0.25) is 10.0 Å². The standard InChI is InChI=1S/C15H11Cl2N3O4S2/c16-13-11-3-1-2-4-12(11)19-15(17)14(13)26(23,24)20-9-5-7-10(8-6-9)25(18,21)22/h1-8,20H,(H2,18,21,22). The molecule has 7 nitrogen and oxygen atoms in total. The second kappa shape index (κ2) is 6.67. The summed E-state index contributed by atoms with van der Waals surface area (Å²) in [6.07, 6.45) is 0. The minimum absolute atomic E-state index is 0.0609. The molecule has 1 heterocycles. The molecule has 0 aliphatic rings. The Morgan fingerprint density at radius 3 is 2.15 bits per heavy atom. The maximum Gasteiger partial charge on any atom is 0.266 e. The molecule has 136 valence electrons. The Hall–Kier alpha value is -1.91. The number of nitrogens with zero attached hydrogens (tertiary/aromatic N) is 1. The zero-order valence-corrected chi connectivity index (χ0v) is 16.0. The number of anilines is 1. The predicted octanol–water partition coefficient (Wildman–Crippen LogP) is 2.99. The second-order valence-electron chi connectivity index (χ2n) is 5.24. The fourth-order valence-corrected chi connectivity index (χ4v) is 5.04. The van der Waals surface area contributed by atoms with Crippen molar-refractivity contribution in [3.8, 4) is 0 Å². The van der Waals surface area contributed by atoms with E-state index in [2.05, 4.69) is 9.71 Å². The third-order valence-corrected chi connectivity index (χ3v) is 6.71. The fourth-order valence-electron chi connectivity index (χ4n) is 2.27. The van der Waals surface area contributed by atoms with Crippen LogP contribution in [0.15, 0.2) is 58.3 Å². The Kier molecular flexibility index (Phi) is 4.84. The van der Waals surface area contributed by atoms with Gasteiger partial charge in [-0.25, -0.2) is 27.0 Å². The van der Waals surface area contributed by atoms with Crippen LogP contribution in [0.4, 0.5) is 5.69 Å². The van der Waals surface area contributed by atoms with Crippen LogP contribution >= 0.6 is 23.2 Å². The third-order valence-electron chi connectivity index (χ3n) is 3.45. The van der Waals surface area contributed by atoms with Crippen LogP contribution in [0.5, 0.6) is 0 Å². The zero-order valence-electron chi connectivity index (χ0n) is 12.8. The normalized spacial score (nSPS) is 12.3. The highest BCUT2D eigenvalue weighted by Crippen LogP contribution is 2.35. The first-order valence-electron chi connectivity index (χ1n) is 6.99. The van der Waals surface area contributed by atoms with E-state index in [4.69, 9.17) is 28.3 Å². The summed E-state index contributed by atoms with van der Waals surface area (Å²) in [5, 5.41) is 5.11. The van der Waals surface area contributed by atoms with E-state index in [0.717, 1.165) is 0 Å². The number of fused-ring (bicyclic) bond motifs is 1. The van der Waals surface area contributed by atoms with Crippen LogP contribution in [0.1, 0.15) is 0 Å². The summed E-state index contributed by atoms with van der Waals surface area (Å²) in [6, 6.07) is 11.6. The number of pyridine rings is 1. The maximum atomic E-state index is 12.7. The number of hydrogen-bond donors (Lipinski definition) is 2. The molecule has 0 amide bonds. The molecule has 0 saturated carbocycles. The van der Waals surface area contributed by atoms with E-state index in [-0.39, 0.29) is 25.7 Å². The lowest BCUT2D eigenvalue weighted by molar-refractivity contribution is 0.597. The van der Waals surface area contributed by atoms with Gasteiger partial charge in [-0.2, -0.15) is 0 Å². The SMILES string of the molecule is NS(=O)(=O)c1ccc(NS(=O)(=O)c2c(Cl)nc3ccccc3c2Cl)cc1. The molecule has 0 aliphatic heterocycles. The summed E-state index contributed by atoms with van der Waals surface area (Å²) in [4.78, 5) is 3.54. The molecule has 3 N–H and O–H groups in total. The predicted molar refractivity (Wildman–Crippen MR) is 100 cm³/mol. The lowest BCUT2D eigenvalue weighted by Gasteiger charge is -2.12. The van der Waals surface area contributed by atoms with Crippen LogP contribution in [-0.4, -0.2) is 21.8 Å². The van der Waals surface area contributed by atoms with E-state index in [1.807, 2.05) is 0 Å². The van der Waals surface area contributed by atoms with E-state index in [1.165, 1.54) is 24.3 Å². The number of benzene rings is 2. The molecule has 0 bridgehead atoms. The van der Waals surface area contributed by atoms with Crippen molar-refractivity contribution in [1.82, 2.24) is 4.98 Å². The van der Waals surface area contributed by atoms with Crippen LogP contribution in [-0.2, 0) is 20.0 Å². The summed E-state index contributed by atoms with van der Waals surface area (Å²) >= 11 is 12.3. The monoisotopic (exact) mass is 431 g/mol. The molecule has 11 heteroatoms. The summed E-state index contributed by atoms with van der Waals surface area (Å²) in [5.74, 6) is 0. The lowest BCUT2D eigenvalue weighted by atomic mass is 10.2. The largest absolute Gasteiger partial charge is 0.279 e. The van der Waals surface area contributed by atoms with Gasteiger partial charge in [0.25, 0.3) is 10.0 Å². The molecule has 26 heavy (non-hydrogen) atoms. The molecule has 0 unspecified atom stereocenters. The highest BCUT2D eigenvalue weighted by atomic mass is 35.5. The first-order chi connectivity index (χ1) is 12.1. The number of hydrogen-bond acceptors (Lipinski definition) is 5. The molecule has 3 rings (SSSR count). The summed E-state index contributed by atoms with van der Waals surface area (Å²) < 4.78 is 50.2. The van der Waals surface area contributed by atoms with Gasteiger partial charge in [0.15, 0.2) is 5.15 Å². The average molecular weight is 432 g/mol. The third kappa shape index (κ3) is 3.62. The van der Waals surface area contributed by atoms with Gasteiger partial charge in [-0.1, -0.05) is 41.4 Å². The molecule has 1 aromatic heterocycles. The Morgan fingerprint density at radius 1 is 0.923 bits per heavy atom. The summed E-state index contributed by atoms with van der Waals surface area (Å²) in [5.41, 5.74) is 0.566. The smallest absolute Gasteiger partial charge is 0.266 e. The minimum Gasteiger partial charge on any atom is -0.279 e. The van der Waals surface area contributed by atoms with Crippen LogP contribution in [0.3, 0.4) is 0 Å². The topological polar surface area (TPSA) is 119 Å². The number of primary sulfonamides is 1. The second-order valence-corrected chi connectivity index (χ2v) is 9.15. The van der Waals surface area contributed by atoms with Crippen molar-refractivity contribution in [2.24, 2.45) is 5.14 Å². The van der Waals surface area contributed by atoms with Crippen molar-refractivity contribution < 1.29 is 16.8 Å². The number of halogens is 2. The van der Waals surface area contributed by atoms with Gasteiger partial charge in [0.1, 0.15) is 4.90 Å². The number of nitrogens with two attached hydrogens (primary N) is 1. The van der Waals surface area contributed by atoms with E-state index in [0.29, 0.717) is 10.9 Å². The van der Waals surface area contributed by atoms with Gasteiger partial charge in [-0.05, 0) is 30.3 Å². The van der Waals surface area contributed by atoms with Crippen LogP contribution in [0.2, 0.25) is 10.2 Å². The number of aromatic nitrogens is 1. The van der Waals surface area contributed by atoms with Crippen molar-refractivity contribution in [2.75, 3.05) is 4.72 Å². The van der Waals surface area contributed by atoms with E-state index in [1.54, 1.807) is 24.3 Å². The summed E-state index contributed by atoms with van der Waals surface area (Å²) in [7, 11) is -8.05. The van der Waals surface area contributed by atoms with E-state index >= 15 is 0 Å². The summed E-state index contributed by atoms with van der Waals surface area (Å²) in [6.45, 7) is 0. The minimum atomic E-state index is -4.17. The molecule has 0 atom stereocenters. The van der Waals surface area contributed by atoms with Crippen molar-refractivity contribution in [2.45, 2.75) is 9.79 Å². The van der Waals surface area contributed by atoms with Gasteiger partial charge in [-0.3, -0.25) is 4.72 Å². The van der Waals surface area contributed by atoms with Gasteiger partial charge >= 0.3 is 0 Å². The molecular formula is C15H11Cl2N3O4S2. The van der Waals surface area contributed by atoms with Crippen molar-refractivity contribution >= 4 is 59.8 Å².